The van der Waals surface area contributed by atoms with Crippen LogP contribution in [0.25, 0.3) is 0 Å². The summed E-state index contributed by atoms with van der Waals surface area (Å²) in [7, 11) is -4.47. The van der Waals surface area contributed by atoms with E-state index in [1.54, 1.807) is 6.92 Å². The highest BCUT2D eigenvalue weighted by Gasteiger charge is 2.07. The number of aryl methyl sites for hydroxylation is 1. The van der Waals surface area contributed by atoms with Crippen molar-refractivity contribution < 1.29 is 18.1 Å². The Bertz CT molecular complexity index is 408. The fraction of sp³-hybridized carbons (Fsp3) is 0.250. The molecule has 0 saturated heterocycles. The third kappa shape index (κ3) is 2.27. The van der Waals surface area contributed by atoms with E-state index in [0.717, 1.165) is 5.56 Å². The van der Waals surface area contributed by atoms with Crippen LogP contribution in [0.4, 0.5) is 0 Å². The molecule has 0 heterocycles. The molecular formula is C8H9O4S-. The van der Waals surface area contributed by atoms with Gasteiger partial charge in [0, 0.05) is 0 Å². The Morgan fingerprint density at radius 2 is 2.08 bits per heavy atom. The maximum absolute atomic E-state index is 10.7. The van der Waals surface area contributed by atoms with Crippen LogP contribution in [0, 0.1) is 6.92 Å². The Labute approximate surface area is 76.6 Å². The fourth-order valence-corrected chi connectivity index (χ4v) is 1.75. The van der Waals surface area contributed by atoms with Gasteiger partial charge in [0.15, 0.2) is 0 Å². The predicted octanol–water partition coefficient (Wildman–Crippen LogP) is 0.391. The zero-order valence-corrected chi connectivity index (χ0v) is 7.84. The smallest absolute Gasteiger partial charge is 0.124 e. The van der Waals surface area contributed by atoms with Crippen molar-refractivity contribution in [1.29, 1.82) is 0 Å². The lowest BCUT2D eigenvalue weighted by Gasteiger charge is -2.11. The fourth-order valence-electron chi connectivity index (χ4n) is 1.08. The Balaban J connectivity index is 3.39. The molecule has 0 aliphatic heterocycles. The van der Waals surface area contributed by atoms with Gasteiger partial charge in [-0.15, -0.1) is 0 Å². The van der Waals surface area contributed by atoms with Gasteiger partial charge in [-0.3, -0.25) is 0 Å². The summed E-state index contributed by atoms with van der Waals surface area (Å²) < 4.78 is 32.0. The maximum atomic E-state index is 10.7. The summed E-state index contributed by atoms with van der Waals surface area (Å²) in [5.41, 5.74) is 0.950. The van der Waals surface area contributed by atoms with Gasteiger partial charge in [-0.05, 0) is 18.6 Å². The molecule has 0 atom stereocenters. The van der Waals surface area contributed by atoms with E-state index >= 15 is 0 Å². The first-order valence-corrected chi connectivity index (χ1v) is 5.02. The van der Waals surface area contributed by atoms with E-state index in [9.17, 15) is 13.0 Å². The lowest BCUT2D eigenvalue weighted by molar-refractivity contribution is 0.277. The molecule has 0 aliphatic rings. The molecule has 0 unspecified atom stereocenters. The van der Waals surface area contributed by atoms with Gasteiger partial charge in [-0.25, -0.2) is 8.42 Å². The molecule has 0 spiro atoms. The van der Waals surface area contributed by atoms with Crippen molar-refractivity contribution in [2.45, 2.75) is 18.4 Å². The van der Waals surface area contributed by atoms with Crippen molar-refractivity contribution in [3.8, 4) is 0 Å². The molecule has 13 heavy (non-hydrogen) atoms. The first-order chi connectivity index (χ1) is 5.95. The van der Waals surface area contributed by atoms with Crippen LogP contribution in [0.5, 0.6) is 0 Å². The van der Waals surface area contributed by atoms with Crippen LogP contribution in [0.1, 0.15) is 11.1 Å². The van der Waals surface area contributed by atoms with Crippen molar-refractivity contribution in [3.63, 3.8) is 0 Å². The largest absolute Gasteiger partial charge is 0.744 e. The molecule has 0 amide bonds. The molecule has 0 bridgehead atoms. The van der Waals surface area contributed by atoms with E-state index in [-0.39, 0.29) is 10.5 Å². The number of aliphatic hydroxyl groups excluding tert-OH is 1. The van der Waals surface area contributed by atoms with Gasteiger partial charge in [0.2, 0.25) is 0 Å². The number of aliphatic hydroxyl groups is 1. The summed E-state index contributed by atoms with van der Waals surface area (Å²) in [6.07, 6.45) is 0. The Morgan fingerprint density at radius 3 is 2.54 bits per heavy atom. The van der Waals surface area contributed by atoms with Crippen molar-refractivity contribution in [3.05, 3.63) is 29.3 Å². The van der Waals surface area contributed by atoms with Crippen LogP contribution in [-0.2, 0) is 16.7 Å². The minimum Gasteiger partial charge on any atom is -0.744 e. The predicted molar refractivity (Wildman–Crippen MR) is 45.1 cm³/mol. The normalized spacial score (nSPS) is 11.6. The van der Waals surface area contributed by atoms with Crippen LogP contribution in [0.3, 0.4) is 0 Å². The number of hydrogen-bond donors (Lipinski definition) is 1. The molecular weight excluding hydrogens is 192 g/mol. The van der Waals surface area contributed by atoms with Crippen molar-refractivity contribution >= 4 is 10.1 Å². The summed E-state index contributed by atoms with van der Waals surface area (Å²) in [4.78, 5) is -0.347. The molecule has 1 rings (SSSR count). The first-order valence-electron chi connectivity index (χ1n) is 3.61. The molecule has 0 aliphatic carbocycles. The summed E-state index contributed by atoms with van der Waals surface area (Å²) in [6.45, 7) is 1.30. The number of benzene rings is 1. The average molecular weight is 201 g/mol. The van der Waals surface area contributed by atoms with Crippen molar-refractivity contribution in [2.75, 3.05) is 0 Å². The minimum atomic E-state index is -4.47. The SMILES string of the molecule is Cc1ccc(S(=O)(=O)[O-])c(CO)c1. The van der Waals surface area contributed by atoms with Crippen molar-refractivity contribution in [1.82, 2.24) is 0 Å². The highest BCUT2D eigenvalue weighted by molar-refractivity contribution is 7.85. The van der Waals surface area contributed by atoms with Crippen LogP contribution in [0.2, 0.25) is 0 Å². The quantitative estimate of drug-likeness (QED) is 0.702. The van der Waals surface area contributed by atoms with Gasteiger partial charge in [0.1, 0.15) is 10.1 Å². The van der Waals surface area contributed by atoms with E-state index in [1.807, 2.05) is 0 Å². The van der Waals surface area contributed by atoms with Crippen LogP contribution >= 0.6 is 0 Å². The van der Waals surface area contributed by atoms with Crippen molar-refractivity contribution in [2.24, 2.45) is 0 Å². The summed E-state index contributed by atoms with van der Waals surface area (Å²) in [6, 6.07) is 4.21. The molecule has 1 N–H and O–H groups in total. The van der Waals surface area contributed by atoms with E-state index in [4.69, 9.17) is 5.11 Å². The Kier molecular flexibility index (Phi) is 2.70. The van der Waals surface area contributed by atoms with Gasteiger partial charge >= 0.3 is 0 Å². The second-order valence-electron chi connectivity index (χ2n) is 2.72. The van der Waals surface area contributed by atoms with Gasteiger partial charge in [0.25, 0.3) is 0 Å². The highest BCUT2D eigenvalue weighted by atomic mass is 32.2. The highest BCUT2D eigenvalue weighted by Crippen LogP contribution is 2.16. The molecule has 0 aromatic heterocycles. The molecule has 1 aromatic carbocycles. The first kappa shape index (κ1) is 10.2. The van der Waals surface area contributed by atoms with Gasteiger partial charge in [-0.2, -0.15) is 0 Å². The lowest BCUT2D eigenvalue weighted by Crippen LogP contribution is -2.03. The zero-order chi connectivity index (χ0) is 10.1. The topological polar surface area (TPSA) is 77.4 Å². The van der Waals surface area contributed by atoms with E-state index < -0.39 is 16.7 Å². The standard InChI is InChI=1S/C8H10O4S/c1-6-2-3-8(13(10,11)12)7(4-6)5-9/h2-4,9H,5H2,1H3,(H,10,11,12)/p-1. The molecule has 5 heteroatoms. The van der Waals surface area contributed by atoms with Crippen LogP contribution in [0.15, 0.2) is 23.1 Å². The Morgan fingerprint density at radius 1 is 1.46 bits per heavy atom. The third-order valence-electron chi connectivity index (χ3n) is 1.66. The molecule has 0 fully saturated rings. The summed E-state index contributed by atoms with van der Waals surface area (Å²) in [5, 5.41) is 8.80. The van der Waals surface area contributed by atoms with Gasteiger partial charge in [-0.1, -0.05) is 17.7 Å². The molecule has 0 radical (unpaired) electrons. The minimum absolute atomic E-state index is 0.148. The zero-order valence-electron chi connectivity index (χ0n) is 7.02. The van der Waals surface area contributed by atoms with Gasteiger partial charge in [0.05, 0.1) is 11.5 Å². The molecule has 1 aromatic rings. The number of rotatable bonds is 2. The van der Waals surface area contributed by atoms with Crippen LogP contribution < -0.4 is 0 Å². The van der Waals surface area contributed by atoms with E-state index in [0.29, 0.717) is 0 Å². The molecule has 0 saturated carbocycles. The third-order valence-corrected chi connectivity index (χ3v) is 2.59. The second kappa shape index (κ2) is 3.45. The Hall–Kier alpha value is -0.910. The number of hydrogen-bond acceptors (Lipinski definition) is 4. The summed E-state index contributed by atoms with van der Waals surface area (Å²) in [5.74, 6) is 0. The van der Waals surface area contributed by atoms with E-state index in [2.05, 4.69) is 0 Å². The van der Waals surface area contributed by atoms with Crippen LogP contribution in [-0.4, -0.2) is 18.1 Å². The lowest BCUT2D eigenvalue weighted by atomic mass is 10.1. The summed E-state index contributed by atoms with van der Waals surface area (Å²) >= 11 is 0. The monoisotopic (exact) mass is 201 g/mol. The molecule has 4 nitrogen and oxygen atoms in total. The second-order valence-corrected chi connectivity index (χ2v) is 4.07. The average Bonchev–Trinajstić information content (AvgIpc) is 2.01. The van der Waals surface area contributed by atoms with E-state index in [1.165, 1.54) is 18.2 Å². The molecule has 72 valence electrons. The maximum Gasteiger partial charge on any atom is 0.124 e. The van der Waals surface area contributed by atoms with Gasteiger partial charge < -0.3 is 9.66 Å².